The molecular weight excluding hydrogens is 204 g/mol. The van der Waals surface area contributed by atoms with Crippen molar-refractivity contribution in [2.45, 2.75) is 25.9 Å². The van der Waals surface area contributed by atoms with Crippen molar-refractivity contribution in [1.82, 2.24) is 0 Å². The summed E-state index contributed by atoms with van der Waals surface area (Å²) in [5, 5.41) is 10.1. The average molecular weight is 220 g/mol. The van der Waals surface area contributed by atoms with E-state index >= 15 is 0 Å². The van der Waals surface area contributed by atoms with E-state index in [2.05, 4.69) is 0 Å². The zero-order valence-electron chi connectivity index (χ0n) is 9.35. The number of aliphatic hydroxyl groups excluding tert-OH is 1. The van der Waals surface area contributed by atoms with E-state index in [0.717, 1.165) is 17.5 Å². The lowest BCUT2D eigenvalue weighted by atomic mass is 9.81. The maximum absolute atomic E-state index is 11.6. The van der Waals surface area contributed by atoms with Gasteiger partial charge in [-0.05, 0) is 30.9 Å². The van der Waals surface area contributed by atoms with Crippen molar-refractivity contribution in [3.05, 3.63) is 35.4 Å². The molecule has 3 heteroatoms. The summed E-state index contributed by atoms with van der Waals surface area (Å²) in [6.07, 6.45) is 0.775. The first-order valence-corrected chi connectivity index (χ1v) is 5.66. The molecular formula is C13H16O3. The fraction of sp³-hybridized carbons (Fsp3) is 0.462. The van der Waals surface area contributed by atoms with E-state index < -0.39 is 12.0 Å². The number of esters is 1. The van der Waals surface area contributed by atoms with Crippen LogP contribution in [0.25, 0.3) is 0 Å². The van der Waals surface area contributed by atoms with Gasteiger partial charge in [0.15, 0.2) is 0 Å². The summed E-state index contributed by atoms with van der Waals surface area (Å²) >= 11 is 0. The highest BCUT2D eigenvalue weighted by molar-refractivity contribution is 5.74. The van der Waals surface area contributed by atoms with Gasteiger partial charge in [0.05, 0.1) is 18.6 Å². The predicted octanol–water partition coefficient (Wildman–Crippen LogP) is 1.85. The van der Waals surface area contributed by atoms with Crippen LogP contribution in [0.4, 0.5) is 0 Å². The van der Waals surface area contributed by atoms with Crippen molar-refractivity contribution in [3.8, 4) is 0 Å². The zero-order valence-corrected chi connectivity index (χ0v) is 9.35. The number of benzene rings is 1. The van der Waals surface area contributed by atoms with Crippen molar-refractivity contribution in [1.29, 1.82) is 0 Å². The van der Waals surface area contributed by atoms with Gasteiger partial charge in [-0.2, -0.15) is 0 Å². The summed E-state index contributed by atoms with van der Waals surface area (Å²) in [4.78, 5) is 11.6. The Bertz CT molecular complexity index is 387. The van der Waals surface area contributed by atoms with Crippen molar-refractivity contribution in [3.63, 3.8) is 0 Å². The Kier molecular flexibility index (Phi) is 3.25. The number of hydrogen-bond donors (Lipinski definition) is 1. The number of carbonyl (C=O) groups is 1. The summed E-state index contributed by atoms with van der Waals surface area (Å²) < 4.78 is 4.97. The normalized spacial score (nSPS) is 23.6. The standard InChI is InChI=1S/C13H16O3/c1-2-16-13(15)11-8-7-9-5-3-4-6-10(9)12(11)14/h3-6,11-12,14H,2,7-8H2,1H3/t11-,12+/m0/s1. The molecule has 2 atom stereocenters. The van der Waals surface area contributed by atoms with Gasteiger partial charge in [-0.25, -0.2) is 0 Å². The van der Waals surface area contributed by atoms with Crippen molar-refractivity contribution in [2.75, 3.05) is 6.61 Å². The smallest absolute Gasteiger partial charge is 0.311 e. The Morgan fingerprint density at radius 3 is 3.00 bits per heavy atom. The highest BCUT2D eigenvalue weighted by atomic mass is 16.5. The fourth-order valence-electron chi connectivity index (χ4n) is 2.23. The summed E-state index contributed by atoms with van der Waals surface area (Å²) in [6, 6.07) is 7.72. The molecule has 0 fully saturated rings. The lowest BCUT2D eigenvalue weighted by Gasteiger charge is -2.28. The molecule has 16 heavy (non-hydrogen) atoms. The monoisotopic (exact) mass is 220 g/mol. The lowest BCUT2D eigenvalue weighted by molar-refractivity contribution is -0.153. The Morgan fingerprint density at radius 1 is 1.50 bits per heavy atom. The molecule has 86 valence electrons. The lowest BCUT2D eigenvalue weighted by Crippen LogP contribution is -2.29. The molecule has 1 aromatic rings. The first-order valence-electron chi connectivity index (χ1n) is 5.66. The molecule has 0 aliphatic heterocycles. The van der Waals surface area contributed by atoms with Gasteiger partial charge in [-0.3, -0.25) is 4.79 Å². The highest BCUT2D eigenvalue weighted by Gasteiger charge is 2.33. The molecule has 0 radical (unpaired) electrons. The van der Waals surface area contributed by atoms with Crippen LogP contribution in [0.5, 0.6) is 0 Å². The SMILES string of the molecule is CCOC(=O)[C@H]1CCc2ccccc2[C@H]1O. The molecule has 0 heterocycles. The Morgan fingerprint density at radius 2 is 2.25 bits per heavy atom. The maximum Gasteiger partial charge on any atom is 0.311 e. The summed E-state index contributed by atoms with van der Waals surface area (Å²) in [6.45, 7) is 2.14. The van der Waals surface area contributed by atoms with Gasteiger partial charge in [0.1, 0.15) is 0 Å². The zero-order chi connectivity index (χ0) is 11.5. The quantitative estimate of drug-likeness (QED) is 0.774. The molecule has 0 spiro atoms. The number of ether oxygens (including phenoxy) is 1. The van der Waals surface area contributed by atoms with E-state index in [9.17, 15) is 9.90 Å². The first-order chi connectivity index (χ1) is 7.74. The van der Waals surface area contributed by atoms with Gasteiger partial charge in [0.25, 0.3) is 0 Å². The van der Waals surface area contributed by atoms with Crippen molar-refractivity contribution < 1.29 is 14.6 Å². The largest absolute Gasteiger partial charge is 0.466 e. The van der Waals surface area contributed by atoms with E-state index in [0.29, 0.717) is 13.0 Å². The van der Waals surface area contributed by atoms with E-state index in [-0.39, 0.29) is 5.97 Å². The van der Waals surface area contributed by atoms with Gasteiger partial charge in [0, 0.05) is 0 Å². The average Bonchev–Trinajstić information content (AvgIpc) is 2.30. The van der Waals surface area contributed by atoms with Crippen LogP contribution in [-0.4, -0.2) is 17.7 Å². The second kappa shape index (κ2) is 4.66. The van der Waals surface area contributed by atoms with Gasteiger partial charge >= 0.3 is 5.97 Å². The minimum Gasteiger partial charge on any atom is -0.466 e. The van der Waals surface area contributed by atoms with E-state index in [1.54, 1.807) is 6.92 Å². The Hall–Kier alpha value is -1.35. The van der Waals surface area contributed by atoms with Crippen LogP contribution >= 0.6 is 0 Å². The molecule has 0 amide bonds. The number of fused-ring (bicyclic) bond motifs is 1. The molecule has 0 bridgehead atoms. The molecule has 2 rings (SSSR count). The molecule has 0 saturated carbocycles. The van der Waals surface area contributed by atoms with Crippen LogP contribution in [0.15, 0.2) is 24.3 Å². The van der Waals surface area contributed by atoms with Gasteiger partial charge < -0.3 is 9.84 Å². The van der Waals surface area contributed by atoms with Crippen molar-refractivity contribution >= 4 is 5.97 Å². The molecule has 1 aromatic carbocycles. The van der Waals surface area contributed by atoms with E-state index in [1.165, 1.54) is 0 Å². The number of rotatable bonds is 2. The predicted molar refractivity (Wildman–Crippen MR) is 59.8 cm³/mol. The number of hydrogen-bond acceptors (Lipinski definition) is 3. The van der Waals surface area contributed by atoms with E-state index in [4.69, 9.17) is 4.74 Å². The second-order valence-corrected chi connectivity index (χ2v) is 4.04. The third-order valence-corrected chi connectivity index (χ3v) is 3.07. The molecule has 1 aliphatic rings. The van der Waals surface area contributed by atoms with Gasteiger partial charge in [0.2, 0.25) is 0 Å². The first kappa shape index (κ1) is 11.1. The molecule has 1 aliphatic carbocycles. The third kappa shape index (κ3) is 1.95. The summed E-state index contributed by atoms with van der Waals surface area (Å²) in [7, 11) is 0. The number of carbonyl (C=O) groups excluding carboxylic acids is 1. The minimum atomic E-state index is -0.719. The maximum atomic E-state index is 11.6. The van der Waals surface area contributed by atoms with Crippen LogP contribution in [0.1, 0.15) is 30.6 Å². The molecule has 0 unspecified atom stereocenters. The molecule has 0 aromatic heterocycles. The van der Waals surface area contributed by atoms with Crippen molar-refractivity contribution in [2.24, 2.45) is 5.92 Å². The highest BCUT2D eigenvalue weighted by Crippen LogP contribution is 2.34. The summed E-state index contributed by atoms with van der Waals surface area (Å²) in [5.74, 6) is -0.695. The minimum absolute atomic E-state index is 0.287. The fourth-order valence-corrected chi connectivity index (χ4v) is 2.23. The van der Waals surface area contributed by atoms with E-state index in [1.807, 2.05) is 24.3 Å². The van der Waals surface area contributed by atoms with Crippen LogP contribution in [0.3, 0.4) is 0 Å². The topological polar surface area (TPSA) is 46.5 Å². The number of aliphatic hydroxyl groups is 1. The molecule has 3 nitrogen and oxygen atoms in total. The molecule has 0 saturated heterocycles. The Labute approximate surface area is 95.0 Å². The van der Waals surface area contributed by atoms with Crippen LogP contribution in [0.2, 0.25) is 0 Å². The second-order valence-electron chi connectivity index (χ2n) is 4.04. The molecule has 1 N–H and O–H groups in total. The Balaban J connectivity index is 2.21. The van der Waals surface area contributed by atoms with Crippen LogP contribution < -0.4 is 0 Å². The van der Waals surface area contributed by atoms with Gasteiger partial charge in [-0.15, -0.1) is 0 Å². The van der Waals surface area contributed by atoms with Crippen LogP contribution in [-0.2, 0) is 16.0 Å². The third-order valence-electron chi connectivity index (χ3n) is 3.07. The summed E-state index contributed by atoms with van der Waals surface area (Å²) in [5.41, 5.74) is 2.00. The van der Waals surface area contributed by atoms with Gasteiger partial charge in [-0.1, -0.05) is 24.3 Å². The van der Waals surface area contributed by atoms with Crippen LogP contribution in [0, 0.1) is 5.92 Å². The number of aryl methyl sites for hydroxylation is 1.